The molecule has 0 aliphatic rings. The Morgan fingerprint density at radius 2 is 1.74 bits per heavy atom. The van der Waals surface area contributed by atoms with Crippen LogP contribution in [0.3, 0.4) is 0 Å². The maximum absolute atomic E-state index is 12.1. The van der Waals surface area contributed by atoms with Crippen molar-refractivity contribution in [2.75, 3.05) is 0 Å². The average molecular weight is 376 g/mol. The zero-order chi connectivity index (χ0) is 20.0. The number of carbonyl (C=O) groups is 1. The van der Waals surface area contributed by atoms with E-state index >= 15 is 0 Å². The molecule has 0 N–H and O–H groups in total. The van der Waals surface area contributed by atoms with Crippen molar-refractivity contribution in [3.63, 3.8) is 0 Å². The summed E-state index contributed by atoms with van der Waals surface area (Å²) in [4.78, 5) is 20.7. The van der Waals surface area contributed by atoms with Gasteiger partial charge in [-0.15, -0.1) is 0 Å². The van der Waals surface area contributed by atoms with Crippen LogP contribution in [0.2, 0.25) is 0 Å². The topological polar surface area (TPSA) is 42.3 Å². The predicted molar refractivity (Wildman–Crippen MR) is 101 cm³/mol. The lowest BCUT2D eigenvalue weighted by Gasteiger charge is -2.07. The van der Waals surface area contributed by atoms with Crippen LogP contribution in [0.4, 0.5) is 19.0 Å². The molecule has 0 radical (unpaired) electrons. The molecule has 1 aromatic heterocycles. The number of benzene rings is 1. The Kier molecular flexibility index (Phi) is 6.88. The SMILES string of the molecule is C/C(=N\c1ncc(-c2ccc(C)cc2)cc1C)C(=O)CCCCC(F)(F)F. The minimum absolute atomic E-state index is 0.0506. The van der Waals surface area contributed by atoms with Crippen molar-refractivity contribution in [1.82, 2.24) is 4.98 Å². The molecule has 0 unspecified atom stereocenters. The molecule has 0 amide bonds. The summed E-state index contributed by atoms with van der Waals surface area (Å²) in [5, 5.41) is 0. The van der Waals surface area contributed by atoms with E-state index in [4.69, 9.17) is 0 Å². The van der Waals surface area contributed by atoms with Crippen LogP contribution in [0.1, 0.15) is 43.7 Å². The molecule has 2 aromatic rings. The van der Waals surface area contributed by atoms with Crippen LogP contribution in [0, 0.1) is 13.8 Å². The molecule has 1 aromatic carbocycles. The zero-order valence-electron chi connectivity index (χ0n) is 15.7. The Labute approximate surface area is 157 Å². The van der Waals surface area contributed by atoms with E-state index in [9.17, 15) is 18.0 Å². The minimum atomic E-state index is -4.17. The maximum atomic E-state index is 12.1. The van der Waals surface area contributed by atoms with E-state index in [2.05, 4.69) is 9.98 Å². The number of alkyl halides is 3. The van der Waals surface area contributed by atoms with Crippen LogP contribution in [0.15, 0.2) is 41.5 Å². The van der Waals surface area contributed by atoms with Crippen LogP contribution in [-0.4, -0.2) is 22.7 Å². The number of carbonyl (C=O) groups excluding carboxylic acids is 1. The normalized spacial score (nSPS) is 12.3. The van der Waals surface area contributed by atoms with E-state index in [-0.39, 0.29) is 30.8 Å². The predicted octanol–water partition coefficient (Wildman–Crippen LogP) is 6.15. The van der Waals surface area contributed by atoms with Gasteiger partial charge in [-0.1, -0.05) is 29.8 Å². The summed E-state index contributed by atoms with van der Waals surface area (Å²) in [5.74, 6) is 0.202. The first kappa shape index (κ1) is 20.8. The molecule has 1 heterocycles. The van der Waals surface area contributed by atoms with Gasteiger partial charge in [-0.3, -0.25) is 4.79 Å². The van der Waals surface area contributed by atoms with Crippen LogP contribution in [-0.2, 0) is 4.79 Å². The fourth-order valence-electron chi connectivity index (χ4n) is 2.60. The van der Waals surface area contributed by atoms with Crippen molar-refractivity contribution in [2.24, 2.45) is 4.99 Å². The Hall–Kier alpha value is -2.50. The van der Waals surface area contributed by atoms with Gasteiger partial charge < -0.3 is 0 Å². The smallest absolute Gasteiger partial charge is 0.293 e. The van der Waals surface area contributed by atoms with Crippen molar-refractivity contribution in [1.29, 1.82) is 0 Å². The van der Waals surface area contributed by atoms with Crippen LogP contribution in [0.25, 0.3) is 11.1 Å². The summed E-state index contributed by atoms with van der Waals surface area (Å²) in [7, 11) is 0. The largest absolute Gasteiger partial charge is 0.389 e. The molecule has 0 spiro atoms. The summed E-state index contributed by atoms with van der Waals surface area (Å²) in [5.41, 5.74) is 4.28. The molecule has 144 valence electrons. The molecule has 0 bridgehead atoms. The van der Waals surface area contributed by atoms with Crippen LogP contribution < -0.4 is 0 Å². The summed E-state index contributed by atoms with van der Waals surface area (Å²) >= 11 is 0. The maximum Gasteiger partial charge on any atom is 0.389 e. The highest BCUT2D eigenvalue weighted by molar-refractivity contribution is 6.39. The number of aryl methyl sites for hydroxylation is 2. The summed E-state index contributed by atoms with van der Waals surface area (Å²) in [6, 6.07) is 10.0. The molecule has 6 heteroatoms. The van der Waals surface area contributed by atoms with Gasteiger partial charge in [0.2, 0.25) is 0 Å². The number of unbranched alkanes of at least 4 members (excludes halogenated alkanes) is 1. The number of Topliss-reactive ketones (excluding diaryl/α,β-unsaturated/α-hetero) is 1. The highest BCUT2D eigenvalue weighted by Crippen LogP contribution is 2.25. The summed E-state index contributed by atoms with van der Waals surface area (Å²) in [6.07, 6.45) is -3.12. The van der Waals surface area contributed by atoms with Gasteiger partial charge in [-0.25, -0.2) is 9.98 Å². The molecule has 27 heavy (non-hydrogen) atoms. The van der Waals surface area contributed by atoms with Gasteiger partial charge in [0.15, 0.2) is 11.6 Å². The third-order valence-electron chi connectivity index (χ3n) is 4.23. The lowest BCUT2D eigenvalue weighted by atomic mass is 10.0. The fraction of sp³-hybridized carbons (Fsp3) is 0.381. The number of hydrogen-bond acceptors (Lipinski definition) is 3. The Bertz CT molecular complexity index is 824. The van der Waals surface area contributed by atoms with E-state index in [1.54, 1.807) is 13.1 Å². The number of pyridine rings is 1. The number of aliphatic imine (C=N–C) groups is 1. The van der Waals surface area contributed by atoms with Crippen molar-refractivity contribution in [3.05, 3.63) is 47.7 Å². The number of hydrogen-bond donors (Lipinski definition) is 0. The van der Waals surface area contributed by atoms with Crippen LogP contribution >= 0.6 is 0 Å². The Morgan fingerprint density at radius 3 is 2.33 bits per heavy atom. The van der Waals surface area contributed by atoms with Gasteiger partial charge in [0.05, 0.1) is 5.71 Å². The van der Waals surface area contributed by atoms with Gasteiger partial charge in [-0.2, -0.15) is 13.2 Å². The minimum Gasteiger partial charge on any atom is -0.293 e. The Balaban J connectivity index is 2.02. The molecule has 0 aliphatic carbocycles. The quantitative estimate of drug-likeness (QED) is 0.430. The van der Waals surface area contributed by atoms with Crippen LogP contribution in [0.5, 0.6) is 0 Å². The van der Waals surface area contributed by atoms with E-state index in [1.807, 2.05) is 44.2 Å². The number of halogens is 3. The molecular formula is C21H23F3N2O. The van der Waals surface area contributed by atoms with Gasteiger partial charge in [0, 0.05) is 24.6 Å². The van der Waals surface area contributed by atoms with Gasteiger partial charge >= 0.3 is 6.18 Å². The second-order valence-electron chi connectivity index (χ2n) is 6.67. The van der Waals surface area contributed by atoms with Crippen molar-refractivity contribution in [3.8, 4) is 11.1 Å². The van der Waals surface area contributed by atoms with Gasteiger partial charge in [0.1, 0.15) is 0 Å². The number of ketones is 1. The zero-order valence-corrected chi connectivity index (χ0v) is 15.7. The third-order valence-corrected chi connectivity index (χ3v) is 4.23. The van der Waals surface area contributed by atoms with Crippen molar-refractivity contribution < 1.29 is 18.0 Å². The standard InChI is InChI=1S/C21H23F3N2O/c1-14-7-9-17(10-8-14)18-12-15(2)20(25-13-18)26-16(3)19(27)6-4-5-11-21(22,23)24/h7-10,12-13H,4-6,11H2,1-3H3/b26-16+. The average Bonchev–Trinajstić information content (AvgIpc) is 2.60. The first-order chi connectivity index (χ1) is 12.7. The van der Waals surface area contributed by atoms with Crippen molar-refractivity contribution in [2.45, 2.75) is 52.6 Å². The molecule has 2 rings (SSSR count). The first-order valence-electron chi connectivity index (χ1n) is 8.84. The number of aromatic nitrogens is 1. The summed E-state index contributed by atoms with van der Waals surface area (Å²) in [6.45, 7) is 5.46. The highest BCUT2D eigenvalue weighted by Gasteiger charge is 2.26. The first-order valence-corrected chi connectivity index (χ1v) is 8.84. The molecule has 0 atom stereocenters. The third kappa shape index (κ3) is 6.62. The monoisotopic (exact) mass is 376 g/mol. The lowest BCUT2D eigenvalue weighted by Crippen LogP contribution is -2.11. The van der Waals surface area contributed by atoms with E-state index < -0.39 is 12.6 Å². The molecule has 0 saturated heterocycles. The second-order valence-corrected chi connectivity index (χ2v) is 6.67. The summed E-state index contributed by atoms with van der Waals surface area (Å²) < 4.78 is 36.4. The van der Waals surface area contributed by atoms with E-state index in [0.717, 1.165) is 16.7 Å². The van der Waals surface area contributed by atoms with E-state index in [0.29, 0.717) is 5.82 Å². The van der Waals surface area contributed by atoms with Crippen molar-refractivity contribution >= 4 is 17.3 Å². The molecule has 0 aliphatic heterocycles. The number of nitrogens with zero attached hydrogens (tertiary/aromatic N) is 2. The molecular weight excluding hydrogens is 353 g/mol. The second kappa shape index (κ2) is 8.93. The fourth-order valence-corrected chi connectivity index (χ4v) is 2.60. The number of rotatable bonds is 7. The molecule has 0 saturated carbocycles. The van der Waals surface area contributed by atoms with Gasteiger partial charge in [-0.05, 0) is 50.8 Å². The molecule has 3 nitrogen and oxygen atoms in total. The lowest BCUT2D eigenvalue weighted by molar-refractivity contribution is -0.136. The molecule has 0 fully saturated rings. The van der Waals surface area contributed by atoms with Gasteiger partial charge in [0.25, 0.3) is 0 Å². The Morgan fingerprint density at radius 1 is 1.07 bits per heavy atom. The van der Waals surface area contributed by atoms with E-state index in [1.165, 1.54) is 5.56 Å². The highest BCUT2D eigenvalue weighted by atomic mass is 19.4.